The summed E-state index contributed by atoms with van der Waals surface area (Å²) in [4.78, 5) is 30.2. The molecule has 4 aromatic rings. The fourth-order valence-electron chi connectivity index (χ4n) is 5.14. The van der Waals surface area contributed by atoms with E-state index in [0.717, 1.165) is 26.6 Å². The van der Waals surface area contributed by atoms with Gasteiger partial charge in [-0.2, -0.15) is 0 Å². The summed E-state index contributed by atoms with van der Waals surface area (Å²) in [6, 6.07) is 27.6. The van der Waals surface area contributed by atoms with Gasteiger partial charge in [0.05, 0.1) is 22.2 Å². The van der Waals surface area contributed by atoms with Crippen LogP contribution in [0.1, 0.15) is 42.5 Å². The van der Waals surface area contributed by atoms with Gasteiger partial charge in [0.15, 0.2) is 0 Å². The summed E-state index contributed by atoms with van der Waals surface area (Å²) in [6.07, 6.45) is 0.968. The molecular formula is C37H42BrN3O5S. The molecule has 0 unspecified atom stereocenters. The molecule has 0 heterocycles. The van der Waals surface area contributed by atoms with E-state index in [1.165, 1.54) is 24.1 Å². The van der Waals surface area contributed by atoms with E-state index in [9.17, 15) is 18.0 Å². The predicted octanol–water partition coefficient (Wildman–Crippen LogP) is 6.82. The van der Waals surface area contributed by atoms with Gasteiger partial charge in [-0.1, -0.05) is 79.2 Å². The maximum Gasteiger partial charge on any atom is 0.264 e. The number of carbonyl (C=O) groups excluding carboxylic acids is 2. The monoisotopic (exact) mass is 719 g/mol. The third-order valence-corrected chi connectivity index (χ3v) is 10.6. The largest absolute Gasteiger partial charge is 0.496 e. The minimum Gasteiger partial charge on any atom is -0.496 e. The van der Waals surface area contributed by atoms with Gasteiger partial charge < -0.3 is 15.0 Å². The lowest BCUT2D eigenvalue weighted by atomic mass is 10.0. The first-order valence-corrected chi connectivity index (χ1v) is 17.8. The van der Waals surface area contributed by atoms with Crippen molar-refractivity contribution < 1.29 is 22.7 Å². The SMILES string of the molecule is CC[C@@H](C)NC(=O)[C@@H](Cc1ccccc1)N(Cc1ccccc1C)C(=O)CN(c1ccc(C)cc1)S(=O)(=O)c1ccc(OC)c(Br)c1. The highest BCUT2D eigenvalue weighted by Gasteiger charge is 2.35. The van der Waals surface area contributed by atoms with Crippen LogP contribution < -0.4 is 14.4 Å². The van der Waals surface area contributed by atoms with Crippen LogP contribution in [0.15, 0.2) is 106 Å². The van der Waals surface area contributed by atoms with Crippen LogP contribution in [0.5, 0.6) is 5.75 Å². The second-order valence-corrected chi connectivity index (χ2v) is 14.3. The summed E-state index contributed by atoms with van der Waals surface area (Å²) in [7, 11) is -2.75. The van der Waals surface area contributed by atoms with E-state index in [1.807, 2.05) is 82.3 Å². The molecule has 2 atom stereocenters. The molecule has 248 valence electrons. The van der Waals surface area contributed by atoms with E-state index < -0.39 is 28.5 Å². The van der Waals surface area contributed by atoms with Gasteiger partial charge >= 0.3 is 0 Å². The van der Waals surface area contributed by atoms with Crippen LogP contribution >= 0.6 is 15.9 Å². The average molecular weight is 721 g/mol. The van der Waals surface area contributed by atoms with Crippen molar-refractivity contribution in [3.8, 4) is 5.75 Å². The average Bonchev–Trinajstić information content (AvgIpc) is 3.06. The van der Waals surface area contributed by atoms with Crippen LogP contribution in [-0.2, 0) is 32.6 Å². The molecule has 0 aliphatic rings. The van der Waals surface area contributed by atoms with Crippen molar-refractivity contribution >= 4 is 43.5 Å². The van der Waals surface area contributed by atoms with E-state index in [4.69, 9.17) is 4.74 Å². The number of carbonyl (C=O) groups is 2. The summed E-state index contributed by atoms with van der Waals surface area (Å²) in [5, 5.41) is 3.07. The fourth-order valence-corrected chi connectivity index (χ4v) is 7.27. The van der Waals surface area contributed by atoms with Gasteiger partial charge in [-0.15, -0.1) is 0 Å². The Morgan fingerprint density at radius 1 is 0.915 bits per heavy atom. The Morgan fingerprint density at radius 2 is 1.57 bits per heavy atom. The Balaban J connectivity index is 1.83. The quantitative estimate of drug-likeness (QED) is 0.154. The Hall–Kier alpha value is -4.15. The molecular weight excluding hydrogens is 678 g/mol. The zero-order valence-electron chi connectivity index (χ0n) is 27.4. The molecule has 0 aliphatic heterocycles. The highest BCUT2D eigenvalue weighted by atomic mass is 79.9. The standard InChI is InChI=1S/C37H42BrN3O5S/c1-6-28(4)39-37(43)34(22-29-13-8-7-9-14-29)40(24-30-15-11-10-12-27(30)3)36(42)25-41(31-18-16-26(2)17-19-31)47(44,45)32-20-21-35(46-5)33(38)23-32/h7-21,23,28,34H,6,22,24-25H2,1-5H3,(H,39,43)/t28-,34-/m1/s1. The van der Waals surface area contributed by atoms with Crippen molar-refractivity contribution in [1.82, 2.24) is 10.2 Å². The topological polar surface area (TPSA) is 96.0 Å². The minimum absolute atomic E-state index is 0.0145. The smallest absolute Gasteiger partial charge is 0.264 e. The number of aryl methyl sites for hydroxylation is 2. The highest BCUT2D eigenvalue weighted by Crippen LogP contribution is 2.31. The van der Waals surface area contributed by atoms with Crippen LogP contribution in [0.2, 0.25) is 0 Å². The maximum atomic E-state index is 14.7. The number of nitrogens with one attached hydrogen (secondary N) is 1. The number of benzene rings is 4. The molecule has 10 heteroatoms. The molecule has 0 radical (unpaired) electrons. The predicted molar refractivity (Wildman–Crippen MR) is 190 cm³/mol. The summed E-state index contributed by atoms with van der Waals surface area (Å²) in [5.41, 5.74) is 3.97. The number of methoxy groups -OCH3 is 1. The molecule has 0 spiro atoms. The summed E-state index contributed by atoms with van der Waals surface area (Å²) in [6.45, 7) is 7.35. The molecule has 4 rings (SSSR count). The number of nitrogens with zero attached hydrogens (tertiary/aromatic N) is 2. The van der Waals surface area contributed by atoms with Crippen LogP contribution in [0, 0.1) is 13.8 Å². The lowest BCUT2D eigenvalue weighted by Gasteiger charge is -2.34. The Morgan fingerprint density at radius 3 is 2.19 bits per heavy atom. The van der Waals surface area contributed by atoms with E-state index in [2.05, 4.69) is 21.2 Å². The van der Waals surface area contributed by atoms with E-state index in [-0.39, 0.29) is 29.8 Å². The molecule has 4 aromatic carbocycles. The second-order valence-electron chi connectivity index (χ2n) is 11.6. The first-order valence-electron chi connectivity index (χ1n) is 15.6. The van der Waals surface area contributed by atoms with Crippen LogP contribution in [0.25, 0.3) is 0 Å². The first-order chi connectivity index (χ1) is 22.4. The van der Waals surface area contributed by atoms with Gasteiger partial charge in [0.1, 0.15) is 18.3 Å². The molecule has 8 nitrogen and oxygen atoms in total. The van der Waals surface area contributed by atoms with E-state index in [1.54, 1.807) is 30.3 Å². The Kier molecular flexibility index (Phi) is 12.2. The molecule has 0 saturated carbocycles. The van der Waals surface area contributed by atoms with Gasteiger partial charge in [-0.25, -0.2) is 8.42 Å². The number of rotatable bonds is 14. The third-order valence-electron chi connectivity index (χ3n) is 8.19. The molecule has 0 bridgehead atoms. The molecule has 1 N–H and O–H groups in total. The number of amides is 2. The van der Waals surface area contributed by atoms with Crippen LogP contribution in [0.3, 0.4) is 0 Å². The van der Waals surface area contributed by atoms with Crippen molar-refractivity contribution in [3.63, 3.8) is 0 Å². The third kappa shape index (κ3) is 9.02. The second kappa shape index (κ2) is 16.1. The van der Waals surface area contributed by atoms with Gasteiger partial charge in [-0.05, 0) is 90.1 Å². The van der Waals surface area contributed by atoms with Crippen molar-refractivity contribution in [2.75, 3.05) is 18.0 Å². The molecule has 0 fully saturated rings. The van der Waals surface area contributed by atoms with E-state index >= 15 is 0 Å². The summed E-state index contributed by atoms with van der Waals surface area (Å²) in [5.74, 6) is -0.332. The molecule has 2 amide bonds. The molecule has 0 saturated heterocycles. The highest BCUT2D eigenvalue weighted by molar-refractivity contribution is 9.10. The van der Waals surface area contributed by atoms with Gasteiger partial charge in [0.2, 0.25) is 11.8 Å². The molecule has 0 aliphatic carbocycles. The number of anilines is 1. The fraction of sp³-hybridized carbons (Fsp3) is 0.297. The minimum atomic E-state index is -4.25. The van der Waals surface area contributed by atoms with Crippen LogP contribution in [0.4, 0.5) is 5.69 Å². The van der Waals surface area contributed by atoms with Crippen molar-refractivity contribution in [2.24, 2.45) is 0 Å². The van der Waals surface area contributed by atoms with Crippen molar-refractivity contribution in [1.29, 1.82) is 0 Å². The lowest BCUT2D eigenvalue weighted by molar-refractivity contribution is -0.140. The van der Waals surface area contributed by atoms with E-state index in [0.29, 0.717) is 22.3 Å². The number of hydrogen-bond donors (Lipinski definition) is 1. The number of hydrogen-bond acceptors (Lipinski definition) is 5. The Bertz CT molecular complexity index is 1780. The summed E-state index contributed by atoms with van der Waals surface area (Å²) >= 11 is 3.40. The summed E-state index contributed by atoms with van der Waals surface area (Å²) < 4.78 is 35.6. The first kappa shape index (κ1) is 35.7. The molecule has 0 aromatic heterocycles. The maximum absolute atomic E-state index is 14.7. The van der Waals surface area contributed by atoms with Gasteiger partial charge in [0, 0.05) is 19.0 Å². The zero-order valence-corrected chi connectivity index (χ0v) is 29.8. The number of halogens is 1. The Labute approximate surface area is 286 Å². The zero-order chi connectivity index (χ0) is 34.1. The van der Waals surface area contributed by atoms with Crippen molar-refractivity contribution in [2.45, 2.75) is 64.1 Å². The molecule has 47 heavy (non-hydrogen) atoms. The van der Waals surface area contributed by atoms with Gasteiger partial charge in [0.25, 0.3) is 10.0 Å². The van der Waals surface area contributed by atoms with Gasteiger partial charge in [-0.3, -0.25) is 13.9 Å². The number of sulfonamides is 1. The number of ether oxygens (including phenoxy) is 1. The van der Waals surface area contributed by atoms with Crippen molar-refractivity contribution in [3.05, 3.63) is 124 Å². The van der Waals surface area contributed by atoms with Crippen LogP contribution in [-0.4, -0.2) is 50.9 Å². The normalized spacial score (nSPS) is 12.6. The lowest BCUT2D eigenvalue weighted by Crippen LogP contribution is -2.54.